The van der Waals surface area contributed by atoms with Crippen molar-refractivity contribution in [2.24, 2.45) is 0 Å². The molecule has 34 heavy (non-hydrogen) atoms. The van der Waals surface area contributed by atoms with Gasteiger partial charge in [-0.05, 0) is 35.9 Å². The molecule has 0 saturated carbocycles. The van der Waals surface area contributed by atoms with Crippen LogP contribution in [0.3, 0.4) is 0 Å². The predicted octanol–water partition coefficient (Wildman–Crippen LogP) is 5.51. The molecule has 5 nitrogen and oxygen atoms in total. The summed E-state index contributed by atoms with van der Waals surface area (Å²) in [5, 5.41) is 11.1. The van der Waals surface area contributed by atoms with Crippen molar-refractivity contribution in [1.29, 1.82) is 0 Å². The van der Waals surface area contributed by atoms with Crippen LogP contribution < -0.4 is 11.2 Å². The molecule has 1 aliphatic carbocycles. The first-order valence-electron chi connectivity index (χ1n) is 10.6. The second-order valence-corrected chi connectivity index (χ2v) is 9.05. The van der Waals surface area contributed by atoms with Gasteiger partial charge in [0.25, 0.3) is 5.56 Å². The number of halogens is 1. The van der Waals surface area contributed by atoms with Crippen molar-refractivity contribution < 1.29 is 13.9 Å². The van der Waals surface area contributed by atoms with E-state index in [1.54, 1.807) is 10.6 Å². The van der Waals surface area contributed by atoms with Crippen LogP contribution in [-0.2, 0) is 6.42 Å². The Morgan fingerprint density at radius 2 is 1.71 bits per heavy atom. The van der Waals surface area contributed by atoms with E-state index in [0.717, 1.165) is 22.9 Å². The third kappa shape index (κ3) is 3.08. The molecule has 7 heteroatoms. The van der Waals surface area contributed by atoms with Crippen LogP contribution in [0, 0.1) is 5.82 Å². The van der Waals surface area contributed by atoms with Gasteiger partial charge in [0.15, 0.2) is 11.3 Å². The Morgan fingerprint density at radius 3 is 2.50 bits per heavy atom. The molecule has 3 aromatic carbocycles. The normalized spacial score (nSPS) is 12.0. The standard InChI is InChI=1S/C27H16FNO4S/c28-16-8-6-11-18(14-16)34-25-23(30)21-24(33-27(25)32)20-13-15-7-4-5-12-19(15)22(20)29(26(21)31)17-9-2-1-3-10-17/h1-12,14,30H,13H2. The number of nitrogens with zero attached hydrogens (tertiary/aromatic N) is 1. The molecular formula is C27H16FNO4S. The average molecular weight is 469 g/mol. The lowest BCUT2D eigenvalue weighted by Gasteiger charge is -2.16. The van der Waals surface area contributed by atoms with Crippen LogP contribution in [0.1, 0.15) is 11.1 Å². The molecule has 6 rings (SSSR count). The maximum Gasteiger partial charge on any atom is 0.354 e. The van der Waals surface area contributed by atoms with E-state index in [1.807, 2.05) is 54.6 Å². The average Bonchev–Trinajstić information content (AvgIpc) is 3.22. The highest BCUT2D eigenvalue weighted by atomic mass is 32.2. The molecule has 2 heterocycles. The molecule has 0 radical (unpaired) electrons. The quantitative estimate of drug-likeness (QED) is 0.370. The van der Waals surface area contributed by atoms with Gasteiger partial charge < -0.3 is 9.52 Å². The van der Waals surface area contributed by atoms with E-state index in [1.165, 1.54) is 18.2 Å². The van der Waals surface area contributed by atoms with Crippen molar-refractivity contribution in [2.75, 3.05) is 0 Å². The molecule has 0 fully saturated rings. The molecular weight excluding hydrogens is 453 g/mol. The topological polar surface area (TPSA) is 72.4 Å². The summed E-state index contributed by atoms with van der Waals surface area (Å²) in [6, 6.07) is 22.5. The van der Waals surface area contributed by atoms with Gasteiger partial charge in [-0.15, -0.1) is 0 Å². The Kier molecular flexibility index (Phi) is 4.67. The minimum atomic E-state index is -0.783. The van der Waals surface area contributed by atoms with Gasteiger partial charge >= 0.3 is 5.63 Å². The monoisotopic (exact) mass is 469 g/mol. The lowest BCUT2D eigenvalue weighted by molar-refractivity contribution is 0.445. The van der Waals surface area contributed by atoms with Crippen LogP contribution in [0.2, 0.25) is 0 Å². The van der Waals surface area contributed by atoms with Crippen molar-refractivity contribution >= 4 is 22.7 Å². The van der Waals surface area contributed by atoms with Gasteiger partial charge in [0.2, 0.25) is 0 Å². The van der Waals surface area contributed by atoms with Crippen molar-refractivity contribution in [1.82, 2.24) is 4.57 Å². The van der Waals surface area contributed by atoms with Gasteiger partial charge in [0.1, 0.15) is 16.1 Å². The Balaban J connectivity index is 1.70. The fourth-order valence-electron chi connectivity index (χ4n) is 4.48. The summed E-state index contributed by atoms with van der Waals surface area (Å²) in [6.45, 7) is 0. The van der Waals surface area contributed by atoms with Gasteiger partial charge in [0, 0.05) is 28.1 Å². The molecule has 0 amide bonds. The third-order valence-electron chi connectivity index (χ3n) is 5.93. The highest BCUT2D eigenvalue weighted by Gasteiger charge is 2.31. The predicted molar refractivity (Wildman–Crippen MR) is 129 cm³/mol. The second kappa shape index (κ2) is 7.74. The van der Waals surface area contributed by atoms with Crippen molar-refractivity contribution in [2.45, 2.75) is 16.2 Å². The zero-order chi connectivity index (χ0) is 23.4. The van der Waals surface area contributed by atoms with Crippen LogP contribution in [-0.4, -0.2) is 9.67 Å². The van der Waals surface area contributed by atoms with E-state index < -0.39 is 22.8 Å². The van der Waals surface area contributed by atoms with Gasteiger partial charge in [-0.1, -0.05) is 60.3 Å². The Morgan fingerprint density at radius 1 is 0.941 bits per heavy atom. The number of hydrogen-bond acceptors (Lipinski definition) is 5. The summed E-state index contributed by atoms with van der Waals surface area (Å²) >= 11 is 0.856. The third-order valence-corrected chi connectivity index (χ3v) is 6.98. The minimum absolute atomic E-state index is 0.0751. The molecule has 0 unspecified atom stereocenters. The number of rotatable bonds is 3. The maximum atomic E-state index is 13.9. The largest absolute Gasteiger partial charge is 0.505 e. The first-order valence-corrected chi connectivity index (χ1v) is 11.4. The summed E-state index contributed by atoms with van der Waals surface area (Å²) in [5.41, 5.74) is 2.60. The summed E-state index contributed by atoms with van der Waals surface area (Å²) in [5.74, 6) is -0.939. The number of hydrogen-bond donors (Lipinski definition) is 1. The van der Waals surface area contributed by atoms with Crippen LogP contribution in [0.5, 0.6) is 5.75 Å². The van der Waals surface area contributed by atoms with Crippen LogP contribution in [0.4, 0.5) is 4.39 Å². The molecule has 5 aromatic rings. The Bertz CT molecular complexity index is 1720. The first kappa shape index (κ1) is 20.5. The molecule has 0 atom stereocenters. The van der Waals surface area contributed by atoms with Gasteiger partial charge in [-0.25, -0.2) is 9.18 Å². The summed E-state index contributed by atoms with van der Waals surface area (Å²) in [4.78, 5) is 27.0. The highest BCUT2D eigenvalue weighted by Crippen LogP contribution is 2.43. The van der Waals surface area contributed by atoms with E-state index in [2.05, 4.69) is 0 Å². The Labute approximate surface area is 196 Å². The van der Waals surface area contributed by atoms with Crippen LogP contribution in [0.15, 0.2) is 103 Å². The fraction of sp³-hybridized carbons (Fsp3) is 0.0370. The molecule has 0 aliphatic heterocycles. The highest BCUT2D eigenvalue weighted by molar-refractivity contribution is 7.99. The Hall–Kier alpha value is -4.10. The summed E-state index contributed by atoms with van der Waals surface area (Å²) < 4.78 is 20.9. The second-order valence-electron chi connectivity index (χ2n) is 7.97. The maximum absolute atomic E-state index is 13.9. The van der Waals surface area contributed by atoms with Gasteiger partial charge in [-0.2, -0.15) is 0 Å². The lowest BCUT2D eigenvalue weighted by atomic mass is 10.1. The number of fused-ring (bicyclic) bond motifs is 5. The lowest BCUT2D eigenvalue weighted by Crippen LogP contribution is -2.22. The minimum Gasteiger partial charge on any atom is -0.505 e. The van der Waals surface area contributed by atoms with E-state index in [0.29, 0.717) is 28.3 Å². The molecule has 166 valence electrons. The molecule has 1 N–H and O–H groups in total. The molecule has 0 bridgehead atoms. The molecule has 2 aromatic heterocycles. The van der Waals surface area contributed by atoms with Gasteiger partial charge in [-0.3, -0.25) is 9.36 Å². The van der Waals surface area contributed by atoms with Crippen LogP contribution in [0.25, 0.3) is 27.9 Å². The first-order chi connectivity index (χ1) is 16.5. The van der Waals surface area contributed by atoms with Crippen molar-refractivity contribution in [3.8, 4) is 22.7 Å². The van der Waals surface area contributed by atoms with E-state index in [4.69, 9.17) is 4.42 Å². The van der Waals surface area contributed by atoms with E-state index in [-0.39, 0.29) is 15.9 Å². The molecule has 0 saturated heterocycles. The molecule has 1 aliphatic rings. The summed E-state index contributed by atoms with van der Waals surface area (Å²) in [7, 11) is 0. The zero-order valence-electron chi connectivity index (χ0n) is 17.6. The SMILES string of the molecule is O=c1oc2c3c(n(-c4ccccc4)c(=O)c2c(O)c1Sc1cccc(F)c1)-c1ccccc1C3. The fourth-order valence-corrected chi connectivity index (χ4v) is 5.36. The number of aromatic nitrogens is 1. The number of benzene rings is 3. The van der Waals surface area contributed by atoms with E-state index in [9.17, 15) is 19.1 Å². The smallest absolute Gasteiger partial charge is 0.354 e. The number of aromatic hydroxyl groups is 1. The zero-order valence-corrected chi connectivity index (χ0v) is 18.4. The van der Waals surface area contributed by atoms with Gasteiger partial charge in [0.05, 0.1) is 5.69 Å². The number of para-hydroxylation sites is 1. The summed E-state index contributed by atoms with van der Waals surface area (Å²) in [6.07, 6.45) is 0.452. The molecule has 0 spiro atoms. The van der Waals surface area contributed by atoms with Crippen molar-refractivity contribution in [3.63, 3.8) is 0 Å². The van der Waals surface area contributed by atoms with Crippen LogP contribution >= 0.6 is 11.8 Å². The van der Waals surface area contributed by atoms with E-state index >= 15 is 0 Å². The van der Waals surface area contributed by atoms with Crippen molar-refractivity contribution in [3.05, 3.63) is 117 Å². The number of pyridine rings is 1.